The molecule has 4 heteroatoms. The zero-order valence-electron chi connectivity index (χ0n) is 7.29. The van der Waals surface area contributed by atoms with Gasteiger partial charge in [-0.05, 0) is 29.3 Å². The van der Waals surface area contributed by atoms with Gasteiger partial charge in [0, 0.05) is 16.8 Å². The second-order valence-electron chi connectivity index (χ2n) is 2.88. The van der Waals surface area contributed by atoms with Gasteiger partial charge in [-0.15, -0.1) is 0 Å². The minimum atomic E-state index is -0.0641. The Morgan fingerprint density at radius 1 is 1.50 bits per heavy atom. The van der Waals surface area contributed by atoms with E-state index in [2.05, 4.69) is 16.3 Å². The van der Waals surface area contributed by atoms with E-state index >= 15 is 0 Å². The summed E-state index contributed by atoms with van der Waals surface area (Å²) in [7, 11) is 0. The zero-order chi connectivity index (χ0) is 9.97. The standard InChI is InChI=1S/C10H8ClN2O/c11-10-2-7(6-14)1-8(3-10)9-4-12-13-5-9/h2-5,14H,6H2,(H,12,13). The van der Waals surface area contributed by atoms with Crippen LogP contribution in [0.2, 0.25) is 5.02 Å². The van der Waals surface area contributed by atoms with Crippen LogP contribution < -0.4 is 0 Å². The molecule has 1 radical (unpaired) electrons. The lowest BCUT2D eigenvalue weighted by atomic mass is 10.1. The van der Waals surface area contributed by atoms with Crippen LogP contribution in [-0.4, -0.2) is 15.3 Å². The summed E-state index contributed by atoms with van der Waals surface area (Å²) < 4.78 is 0. The molecule has 3 nitrogen and oxygen atoms in total. The summed E-state index contributed by atoms with van der Waals surface area (Å²) in [6, 6.07) is 6.51. The average molecular weight is 208 g/mol. The average Bonchev–Trinajstić information content (AvgIpc) is 2.69. The van der Waals surface area contributed by atoms with E-state index in [1.807, 2.05) is 0 Å². The first-order chi connectivity index (χ1) is 6.79. The fraction of sp³-hybridized carbons (Fsp3) is 0.100. The van der Waals surface area contributed by atoms with Gasteiger partial charge in [0.15, 0.2) is 0 Å². The third-order valence-electron chi connectivity index (χ3n) is 1.87. The van der Waals surface area contributed by atoms with Crippen molar-refractivity contribution in [2.24, 2.45) is 0 Å². The van der Waals surface area contributed by atoms with Gasteiger partial charge in [0.1, 0.15) is 0 Å². The maximum atomic E-state index is 8.97. The third kappa shape index (κ3) is 1.78. The van der Waals surface area contributed by atoms with Crippen molar-refractivity contribution in [2.45, 2.75) is 6.61 Å². The van der Waals surface area contributed by atoms with Crippen molar-refractivity contribution in [3.05, 3.63) is 41.2 Å². The Hall–Kier alpha value is -1.32. The predicted molar refractivity (Wildman–Crippen MR) is 53.8 cm³/mol. The molecule has 0 amide bonds. The molecule has 14 heavy (non-hydrogen) atoms. The van der Waals surface area contributed by atoms with Crippen molar-refractivity contribution in [1.82, 2.24) is 10.2 Å². The van der Waals surface area contributed by atoms with E-state index in [0.717, 1.165) is 11.1 Å². The summed E-state index contributed by atoms with van der Waals surface area (Å²) in [6.45, 7) is -0.0641. The molecule has 0 bridgehead atoms. The quantitative estimate of drug-likeness (QED) is 0.792. The van der Waals surface area contributed by atoms with Crippen molar-refractivity contribution in [1.29, 1.82) is 0 Å². The molecule has 0 saturated heterocycles. The minimum absolute atomic E-state index is 0.0641. The molecule has 2 rings (SSSR count). The Kier molecular flexibility index (Phi) is 2.52. The van der Waals surface area contributed by atoms with E-state index in [0.29, 0.717) is 10.6 Å². The molecular formula is C10H8ClN2O. The van der Waals surface area contributed by atoms with Gasteiger partial charge in [0.05, 0.1) is 12.8 Å². The van der Waals surface area contributed by atoms with Crippen molar-refractivity contribution in [3.63, 3.8) is 0 Å². The number of hydrogen-bond donors (Lipinski definition) is 2. The predicted octanol–water partition coefficient (Wildman–Crippen LogP) is 2.02. The van der Waals surface area contributed by atoms with Gasteiger partial charge in [-0.2, -0.15) is 5.10 Å². The van der Waals surface area contributed by atoms with E-state index in [4.69, 9.17) is 16.7 Å². The molecular weight excluding hydrogens is 200 g/mol. The van der Waals surface area contributed by atoms with Crippen LogP contribution in [0.1, 0.15) is 5.56 Å². The molecule has 71 valence electrons. The maximum Gasteiger partial charge on any atom is 0.0688 e. The third-order valence-corrected chi connectivity index (χ3v) is 2.09. The Balaban J connectivity index is 2.48. The van der Waals surface area contributed by atoms with E-state index in [1.165, 1.54) is 0 Å². The van der Waals surface area contributed by atoms with E-state index in [1.54, 1.807) is 24.5 Å². The number of nitrogens with one attached hydrogen (secondary N) is 1. The van der Waals surface area contributed by atoms with Crippen LogP contribution >= 0.6 is 11.6 Å². The van der Waals surface area contributed by atoms with Crippen LogP contribution in [0.25, 0.3) is 11.1 Å². The molecule has 1 aromatic heterocycles. The molecule has 0 saturated carbocycles. The van der Waals surface area contributed by atoms with Crippen LogP contribution in [0.3, 0.4) is 0 Å². The number of benzene rings is 1. The number of nitrogens with zero attached hydrogens (tertiary/aromatic N) is 1. The van der Waals surface area contributed by atoms with Gasteiger partial charge in [0.25, 0.3) is 0 Å². The Morgan fingerprint density at radius 3 is 3.00 bits per heavy atom. The van der Waals surface area contributed by atoms with Crippen LogP contribution in [0.4, 0.5) is 0 Å². The summed E-state index contributed by atoms with van der Waals surface area (Å²) in [6.07, 6.45) is 3.44. The van der Waals surface area contributed by atoms with Crippen LogP contribution in [-0.2, 0) is 6.61 Å². The second-order valence-corrected chi connectivity index (χ2v) is 3.32. The summed E-state index contributed by atoms with van der Waals surface area (Å²) in [5.74, 6) is 0. The molecule has 0 aliphatic heterocycles. The van der Waals surface area contributed by atoms with E-state index < -0.39 is 0 Å². The number of H-pyrrole nitrogens is 1. The van der Waals surface area contributed by atoms with Crippen LogP contribution in [0.15, 0.2) is 24.5 Å². The van der Waals surface area contributed by atoms with Crippen molar-refractivity contribution in [2.75, 3.05) is 0 Å². The number of aromatic nitrogens is 2. The highest BCUT2D eigenvalue weighted by Gasteiger charge is 2.03. The van der Waals surface area contributed by atoms with Gasteiger partial charge in [-0.1, -0.05) is 11.6 Å². The van der Waals surface area contributed by atoms with Gasteiger partial charge in [-0.25, -0.2) is 0 Å². The lowest BCUT2D eigenvalue weighted by Crippen LogP contribution is -1.85. The fourth-order valence-electron chi connectivity index (χ4n) is 1.23. The summed E-state index contributed by atoms with van der Waals surface area (Å²) >= 11 is 5.88. The highest BCUT2D eigenvalue weighted by atomic mass is 35.5. The Labute approximate surface area is 86.3 Å². The van der Waals surface area contributed by atoms with Gasteiger partial charge in [-0.3, -0.25) is 5.10 Å². The van der Waals surface area contributed by atoms with Crippen molar-refractivity contribution >= 4 is 11.6 Å². The fourth-order valence-corrected chi connectivity index (χ4v) is 1.47. The smallest absolute Gasteiger partial charge is 0.0688 e. The normalized spacial score (nSPS) is 10.4. The highest BCUT2D eigenvalue weighted by Crippen LogP contribution is 2.23. The molecule has 2 N–H and O–H groups in total. The lowest BCUT2D eigenvalue weighted by Gasteiger charge is -2.01. The topological polar surface area (TPSA) is 48.9 Å². The van der Waals surface area contributed by atoms with Crippen molar-refractivity contribution < 1.29 is 5.11 Å². The first-order valence-corrected chi connectivity index (χ1v) is 4.49. The molecule has 0 fully saturated rings. The number of hydrogen-bond acceptors (Lipinski definition) is 2. The first-order valence-electron chi connectivity index (χ1n) is 4.11. The van der Waals surface area contributed by atoms with Crippen LogP contribution in [0.5, 0.6) is 0 Å². The zero-order valence-corrected chi connectivity index (χ0v) is 8.04. The molecule has 1 aromatic carbocycles. The highest BCUT2D eigenvalue weighted by molar-refractivity contribution is 6.30. The number of aliphatic hydroxyl groups excluding tert-OH is 1. The minimum Gasteiger partial charge on any atom is -0.392 e. The SMILES string of the molecule is OCc1[c]c(-c2cn[nH]c2)cc(Cl)c1. The first kappa shape index (κ1) is 9.24. The van der Waals surface area contributed by atoms with E-state index in [9.17, 15) is 0 Å². The summed E-state index contributed by atoms with van der Waals surface area (Å²) in [4.78, 5) is 0. The monoisotopic (exact) mass is 207 g/mol. The number of halogens is 1. The molecule has 2 aromatic rings. The number of aromatic amines is 1. The molecule has 0 atom stereocenters. The molecule has 0 aliphatic carbocycles. The Morgan fingerprint density at radius 2 is 2.36 bits per heavy atom. The second kappa shape index (κ2) is 3.82. The summed E-state index contributed by atoms with van der Waals surface area (Å²) in [5.41, 5.74) is 2.41. The van der Waals surface area contributed by atoms with Crippen LogP contribution in [0, 0.1) is 6.07 Å². The number of rotatable bonds is 2. The molecule has 1 heterocycles. The maximum absolute atomic E-state index is 8.97. The van der Waals surface area contributed by atoms with Crippen molar-refractivity contribution in [3.8, 4) is 11.1 Å². The van der Waals surface area contributed by atoms with Gasteiger partial charge in [0.2, 0.25) is 0 Å². The van der Waals surface area contributed by atoms with Gasteiger partial charge < -0.3 is 5.11 Å². The molecule has 0 spiro atoms. The summed E-state index contributed by atoms with van der Waals surface area (Å²) in [5, 5.41) is 16.1. The molecule has 0 unspecified atom stereocenters. The van der Waals surface area contributed by atoms with E-state index in [-0.39, 0.29) is 6.61 Å². The lowest BCUT2D eigenvalue weighted by molar-refractivity contribution is 0.281. The Bertz CT molecular complexity index is 426. The van der Waals surface area contributed by atoms with Gasteiger partial charge >= 0.3 is 0 Å². The largest absolute Gasteiger partial charge is 0.392 e. The number of aliphatic hydroxyl groups is 1. The molecule has 0 aliphatic rings.